The first kappa shape index (κ1) is 19.9. The summed E-state index contributed by atoms with van der Waals surface area (Å²) in [7, 11) is 0. The lowest BCUT2D eigenvalue weighted by Crippen LogP contribution is -2.43. The number of rotatable bonds is 10. The molecule has 0 spiro atoms. The van der Waals surface area contributed by atoms with Gasteiger partial charge < -0.3 is 4.74 Å². The van der Waals surface area contributed by atoms with E-state index in [1.165, 1.54) is 0 Å². The first-order chi connectivity index (χ1) is 9.67. The summed E-state index contributed by atoms with van der Waals surface area (Å²) in [5, 5.41) is 0. The molecule has 0 fully saturated rings. The van der Waals surface area contributed by atoms with Gasteiger partial charge in [0.05, 0.1) is 0 Å². The van der Waals surface area contributed by atoms with E-state index in [9.17, 15) is 35.1 Å². The summed E-state index contributed by atoms with van der Waals surface area (Å²) < 4.78 is 105. The van der Waals surface area contributed by atoms with E-state index in [-0.39, 0.29) is 0 Å². The van der Waals surface area contributed by atoms with E-state index in [1.807, 2.05) is 0 Å². The van der Waals surface area contributed by atoms with Gasteiger partial charge in [0.15, 0.2) is 24.7 Å². The van der Waals surface area contributed by atoms with Crippen LogP contribution in [0.25, 0.3) is 0 Å². The lowest BCUT2D eigenvalue weighted by molar-refractivity contribution is -0.103. The van der Waals surface area contributed by atoms with Crippen LogP contribution in [-0.4, -0.2) is 49.7 Å². The number of halogens is 8. The van der Waals surface area contributed by atoms with Crippen LogP contribution in [0.4, 0.5) is 35.1 Å². The first-order valence-corrected chi connectivity index (χ1v) is 5.70. The van der Waals surface area contributed by atoms with E-state index < -0.39 is 49.7 Å². The van der Waals surface area contributed by atoms with Gasteiger partial charge >= 0.3 is 0 Å². The maximum Gasteiger partial charge on any atom is 0.272 e. The largest absolute Gasteiger partial charge is 0.361 e. The van der Waals surface area contributed by atoms with Crippen LogP contribution in [0.15, 0.2) is 25.3 Å². The molecule has 0 saturated carbocycles. The van der Waals surface area contributed by atoms with Crippen molar-refractivity contribution < 1.29 is 39.9 Å². The zero-order chi connectivity index (χ0) is 16.7. The van der Waals surface area contributed by atoms with E-state index in [0.29, 0.717) is 12.2 Å². The van der Waals surface area contributed by atoms with E-state index >= 15 is 0 Å². The fourth-order valence-corrected chi connectivity index (χ4v) is 1.34. The molecule has 0 aromatic rings. The third kappa shape index (κ3) is 5.64. The van der Waals surface area contributed by atoms with Crippen LogP contribution in [-0.2, 0) is 4.74 Å². The molecule has 0 bridgehead atoms. The van der Waals surface area contributed by atoms with Gasteiger partial charge in [-0.25, -0.2) is 35.1 Å². The highest BCUT2D eigenvalue weighted by molar-refractivity contribution is 4.97. The van der Waals surface area contributed by atoms with Gasteiger partial charge in [0.2, 0.25) is 0 Å². The third-order valence-corrected chi connectivity index (χ3v) is 2.50. The number of hydrogen-bond donors (Lipinski definition) is 0. The molecule has 124 valence electrons. The van der Waals surface area contributed by atoms with Gasteiger partial charge in [-0.3, -0.25) is 0 Å². The monoisotopic (exact) mass is 326 g/mol. The van der Waals surface area contributed by atoms with Crippen molar-refractivity contribution in [2.24, 2.45) is 0 Å². The predicted octanol–water partition coefficient (Wildman–Crippen LogP) is 3.99. The summed E-state index contributed by atoms with van der Waals surface area (Å²) in [5.41, 5.74) is 0. The first-order valence-electron chi connectivity index (χ1n) is 5.70. The highest BCUT2D eigenvalue weighted by Gasteiger charge is 2.40. The van der Waals surface area contributed by atoms with Crippen LogP contribution < -0.4 is 0 Å². The van der Waals surface area contributed by atoms with Crippen molar-refractivity contribution >= 4 is 0 Å². The molecule has 6 unspecified atom stereocenters. The molecule has 0 amide bonds. The average molecular weight is 326 g/mol. The minimum atomic E-state index is -3.68. The fraction of sp³-hybridized carbons (Fsp3) is 0.667. The maximum atomic E-state index is 13.4. The highest BCUT2D eigenvalue weighted by atomic mass is 19.3. The van der Waals surface area contributed by atoms with Gasteiger partial charge in [-0.15, -0.1) is 13.2 Å². The quantitative estimate of drug-likeness (QED) is 0.436. The molecule has 0 heterocycles. The smallest absolute Gasteiger partial charge is 0.272 e. The third-order valence-electron chi connectivity index (χ3n) is 2.50. The minimum absolute atomic E-state index is 0.540. The molecule has 9 heteroatoms. The Morgan fingerprint density at radius 3 is 1.05 bits per heavy atom. The molecule has 0 aromatic carbocycles. The summed E-state index contributed by atoms with van der Waals surface area (Å²) >= 11 is 0. The molecule has 0 aliphatic carbocycles. The van der Waals surface area contributed by atoms with E-state index in [1.54, 1.807) is 0 Å². The molecule has 0 aromatic heterocycles. The van der Waals surface area contributed by atoms with Crippen LogP contribution in [0.2, 0.25) is 0 Å². The summed E-state index contributed by atoms with van der Waals surface area (Å²) in [6.07, 6.45) is -22.8. The Hall–Kier alpha value is -1.12. The van der Waals surface area contributed by atoms with Crippen molar-refractivity contribution in [3.8, 4) is 0 Å². The molecule has 1 nitrogen and oxygen atoms in total. The lowest BCUT2D eigenvalue weighted by atomic mass is 10.1. The molecular weight excluding hydrogens is 312 g/mol. The summed E-state index contributed by atoms with van der Waals surface area (Å²) in [5.74, 6) is 0. The Morgan fingerprint density at radius 2 is 0.857 bits per heavy atom. The SMILES string of the molecule is C=CC(OC(C=C)C(F)C(F)C(F)F)C(F)C(F)C(F)F. The van der Waals surface area contributed by atoms with Crippen molar-refractivity contribution in [1.29, 1.82) is 0 Å². The standard InChI is InChI=1S/C12H14F8O/c1-3-5(7(13)9(15)11(17)18)21-6(4-2)8(14)10(16)12(19)20/h3-12H,1-2H2. The summed E-state index contributed by atoms with van der Waals surface area (Å²) in [4.78, 5) is 0. The molecule has 0 saturated heterocycles. The van der Waals surface area contributed by atoms with Crippen LogP contribution in [0.1, 0.15) is 0 Å². The topological polar surface area (TPSA) is 9.23 Å². The fourth-order valence-electron chi connectivity index (χ4n) is 1.34. The van der Waals surface area contributed by atoms with Crippen LogP contribution in [0.5, 0.6) is 0 Å². The second-order valence-electron chi connectivity index (χ2n) is 3.98. The molecule has 21 heavy (non-hydrogen) atoms. The number of alkyl halides is 8. The zero-order valence-corrected chi connectivity index (χ0v) is 10.6. The Labute approximate surface area is 116 Å². The van der Waals surface area contributed by atoms with Gasteiger partial charge in [-0.05, 0) is 0 Å². The summed E-state index contributed by atoms with van der Waals surface area (Å²) in [6.45, 7) is 5.95. The normalized spacial score (nSPS) is 20.7. The molecule has 0 radical (unpaired) electrons. The van der Waals surface area contributed by atoms with Gasteiger partial charge in [-0.1, -0.05) is 12.2 Å². The van der Waals surface area contributed by atoms with Crippen molar-refractivity contribution in [3.63, 3.8) is 0 Å². The average Bonchev–Trinajstić information content (AvgIpc) is 2.45. The van der Waals surface area contributed by atoms with Gasteiger partial charge in [0.1, 0.15) is 12.2 Å². The molecule has 6 atom stereocenters. The molecule has 0 N–H and O–H groups in total. The zero-order valence-electron chi connectivity index (χ0n) is 10.6. The van der Waals surface area contributed by atoms with E-state index in [0.717, 1.165) is 0 Å². The van der Waals surface area contributed by atoms with Crippen molar-refractivity contribution in [2.75, 3.05) is 0 Å². The highest BCUT2D eigenvalue weighted by Crippen LogP contribution is 2.24. The second kappa shape index (κ2) is 9.01. The van der Waals surface area contributed by atoms with Crippen molar-refractivity contribution in [3.05, 3.63) is 25.3 Å². The van der Waals surface area contributed by atoms with E-state index in [2.05, 4.69) is 17.9 Å². The number of ether oxygens (including phenoxy) is 1. The molecular formula is C12H14F8O. The maximum absolute atomic E-state index is 13.4. The van der Waals surface area contributed by atoms with Crippen LogP contribution in [0, 0.1) is 0 Å². The van der Waals surface area contributed by atoms with Gasteiger partial charge in [0.25, 0.3) is 12.9 Å². The molecule has 0 rings (SSSR count). The Balaban J connectivity index is 4.91. The Bertz CT molecular complexity index is 294. The van der Waals surface area contributed by atoms with Crippen LogP contribution >= 0.6 is 0 Å². The number of hydrogen-bond acceptors (Lipinski definition) is 1. The van der Waals surface area contributed by atoms with Gasteiger partial charge in [-0.2, -0.15) is 0 Å². The van der Waals surface area contributed by atoms with Gasteiger partial charge in [0, 0.05) is 0 Å². The predicted molar refractivity (Wildman–Crippen MR) is 60.6 cm³/mol. The Kier molecular flexibility index (Phi) is 8.53. The second-order valence-corrected chi connectivity index (χ2v) is 3.98. The summed E-state index contributed by atoms with van der Waals surface area (Å²) in [6, 6.07) is 0. The van der Waals surface area contributed by atoms with Crippen LogP contribution in [0.3, 0.4) is 0 Å². The lowest BCUT2D eigenvalue weighted by Gasteiger charge is -2.27. The Morgan fingerprint density at radius 1 is 0.571 bits per heavy atom. The molecule has 0 aliphatic rings. The molecule has 0 aliphatic heterocycles. The van der Waals surface area contributed by atoms with Crippen molar-refractivity contribution in [1.82, 2.24) is 0 Å². The van der Waals surface area contributed by atoms with Crippen molar-refractivity contribution in [2.45, 2.75) is 49.7 Å². The minimum Gasteiger partial charge on any atom is -0.361 e. The van der Waals surface area contributed by atoms with E-state index in [4.69, 9.17) is 0 Å².